The maximum Gasteiger partial charge on any atom is 0.328 e. The van der Waals surface area contributed by atoms with Gasteiger partial charge in [-0.1, -0.05) is 29.8 Å². The molecule has 120 valence electrons. The Morgan fingerprint density at radius 2 is 1.83 bits per heavy atom. The summed E-state index contributed by atoms with van der Waals surface area (Å²) in [6.45, 7) is 0. The largest absolute Gasteiger partial charge is 0.467 e. The summed E-state index contributed by atoms with van der Waals surface area (Å²) in [5.41, 5.74) is 0.962. The van der Waals surface area contributed by atoms with Crippen molar-refractivity contribution in [3.8, 4) is 0 Å². The first-order valence-corrected chi connectivity index (χ1v) is 7.26. The van der Waals surface area contributed by atoms with Crippen molar-refractivity contribution in [2.75, 3.05) is 7.11 Å². The van der Waals surface area contributed by atoms with Gasteiger partial charge < -0.3 is 10.1 Å². The molecule has 0 aliphatic carbocycles. The lowest BCUT2D eigenvalue weighted by Crippen LogP contribution is -2.43. The molecular formula is C17H15ClFNO3. The fourth-order valence-electron chi connectivity index (χ4n) is 2.06. The van der Waals surface area contributed by atoms with Crippen molar-refractivity contribution in [1.29, 1.82) is 0 Å². The average Bonchev–Trinajstić information content (AvgIpc) is 2.56. The van der Waals surface area contributed by atoms with E-state index >= 15 is 0 Å². The summed E-state index contributed by atoms with van der Waals surface area (Å²) in [5.74, 6) is -1.52. The van der Waals surface area contributed by atoms with Crippen LogP contribution in [-0.2, 0) is 16.0 Å². The van der Waals surface area contributed by atoms with Gasteiger partial charge in [-0.15, -0.1) is 0 Å². The SMILES string of the molecule is COC(=O)[C@H](Cc1ccccc1Cl)NC(=O)c1ccc(F)cc1. The van der Waals surface area contributed by atoms with Crippen molar-refractivity contribution in [2.45, 2.75) is 12.5 Å². The van der Waals surface area contributed by atoms with Crippen molar-refractivity contribution >= 4 is 23.5 Å². The molecule has 0 fully saturated rings. The Balaban J connectivity index is 2.16. The third-order valence-electron chi connectivity index (χ3n) is 3.28. The van der Waals surface area contributed by atoms with E-state index in [0.717, 1.165) is 0 Å². The first kappa shape index (κ1) is 17.0. The maximum atomic E-state index is 12.9. The van der Waals surface area contributed by atoms with Crippen molar-refractivity contribution in [3.63, 3.8) is 0 Å². The number of ether oxygens (including phenoxy) is 1. The van der Waals surface area contributed by atoms with Gasteiger partial charge in [-0.25, -0.2) is 9.18 Å². The zero-order valence-electron chi connectivity index (χ0n) is 12.4. The number of nitrogens with one attached hydrogen (secondary N) is 1. The number of halogens is 2. The van der Waals surface area contributed by atoms with Crippen LogP contribution in [-0.4, -0.2) is 25.0 Å². The highest BCUT2D eigenvalue weighted by Gasteiger charge is 2.23. The van der Waals surface area contributed by atoms with Gasteiger partial charge in [-0.2, -0.15) is 0 Å². The smallest absolute Gasteiger partial charge is 0.328 e. The highest BCUT2D eigenvalue weighted by molar-refractivity contribution is 6.31. The van der Waals surface area contributed by atoms with Crippen LogP contribution in [0.15, 0.2) is 48.5 Å². The Morgan fingerprint density at radius 3 is 2.43 bits per heavy atom. The van der Waals surface area contributed by atoms with Crippen molar-refractivity contribution < 1.29 is 18.7 Å². The van der Waals surface area contributed by atoms with Crippen molar-refractivity contribution in [1.82, 2.24) is 5.32 Å². The minimum atomic E-state index is -0.891. The van der Waals surface area contributed by atoms with Crippen LogP contribution >= 0.6 is 11.6 Å². The summed E-state index contributed by atoms with van der Waals surface area (Å²) in [6, 6.07) is 11.2. The van der Waals surface area contributed by atoms with E-state index < -0.39 is 23.7 Å². The Morgan fingerprint density at radius 1 is 1.17 bits per heavy atom. The van der Waals surface area contributed by atoms with Gasteiger partial charge >= 0.3 is 5.97 Å². The van der Waals surface area contributed by atoms with Gasteiger partial charge in [0.15, 0.2) is 0 Å². The van der Waals surface area contributed by atoms with Gasteiger partial charge in [0.25, 0.3) is 5.91 Å². The zero-order valence-corrected chi connectivity index (χ0v) is 13.1. The lowest BCUT2D eigenvalue weighted by atomic mass is 10.1. The van der Waals surface area contributed by atoms with Crippen molar-refractivity contribution in [2.24, 2.45) is 0 Å². The fourth-order valence-corrected chi connectivity index (χ4v) is 2.28. The average molecular weight is 336 g/mol. The van der Waals surface area contributed by atoms with E-state index in [1.807, 2.05) is 0 Å². The van der Waals surface area contributed by atoms with E-state index in [1.165, 1.54) is 31.4 Å². The van der Waals surface area contributed by atoms with E-state index in [0.29, 0.717) is 10.6 Å². The summed E-state index contributed by atoms with van der Waals surface area (Å²) in [5, 5.41) is 3.08. The Hall–Kier alpha value is -2.40. The monoisotopic (exact) mass is 335 g/mol. The fraction of sp³-hybridized carbons (Fsp3) is 0.176. The molecule has 0 saturated carbocycles. The normalized spacial score (nSPS) is 11.6. The molecule has 4 nitrogen and oxygen atoms in total. The number of methoxy groups -OCH3 is 1. The number of hydrogen-bond donors (Lipinski definition) is 1. The van der Waals surface area contributed by atoms with Crippen molar-refractivity contribution in [3.05, 3.63) is 70.5 Å². The molecule has 0 unspecified atom stereocenters. The van der Waals surface area contributed by atoms with Crippen LogP contribution in [0, 0.1) is 5.82 Å². The zero-order chi connectivity index (χ0) is 16.8. The number of hydrogen-bond acceptors (Lipinski definition) is 3. The summed E-state index contributed by atoms with van der Waals surface area (Å²) >= 11 is 6.08. The predicted octanol–water partition coefficient (Wildman–Crippen LogP) is 2.99. The number of esters is 1. The van der Waals surface area contributed by atoms with Gasteiger partial charge in [0.05, 0.1) is 7.11 Å². The lowest BCUT2D eigenvalue weighted by molar-refractivity contribution is -0.142. The minimum Gasteiger partial charge on any atom is -0.467 e. The van der Waals surface area contributed by atoms with E-state index in [2.05, 4.69) is 5.32 Å². The van der Waals surface area contributed by atoms with Crippen LogP contribution in [0.1, 0.15) is 15.9 Å². The van der Waals surface area contributed by atoms with Gasteiger partial charge in [0, 0.05) is 17.0 Å². The number of carbonyl (C=O) groups excluding carboxylic acids is 2. The third-order valence-corrected chi connectivity index (χ3v) is 3.65. The molecule has 2 aromatic rings. The first-order chi connectivity index (χ1) is 11.0. The highest BCUT2D eigenvalue weighted by Crippen LogP contribution is 2.17. The maximum absolute atomic E-state index is 12.9. The van der Waals surface area contributed by atoms with Gasteiger partial charge in [-0.05, 0) is 35.9 Å². The quantitative estimate of drug-likeness (QED) is 0.855. The summed E-state index contributed by atoms with van der Waals surface area (Å²) in [4.78, 5) is 24.1. The number of rotatable bonds is 5. The molecule has 0 saturated heterocycles. The van der Waals surface area contributed by atoms with Crippen LogP contribution in [0.2, 0.25) is 5.02 Å². The topological polar surface area (TPSA) is 55.4 Å². The third kappa shape index (κ3) is 4.53. The second-order valence-corrected chi connectivity index (χ2v) is 5.26. The molecule has 0 aliphatic rings. The Labute approximate surface area is 138 Å². The van der Waals surface area contributed by atoms with E-state index in [-0.39, 0.29) is 12.0 Å². The second kappa shape index (κ2) is 7.74. The van der Waals surface area contributed by atoms with Gasteiger partial charge in [-0.3, -0.25) is 4.79 Å². The lowest BCUT2D eigenvalue weighted by Gasteiger charge is -2.17. The minimum absolute atomic E-state index is 0.194. The molecule has 2 aromatic carbocycles. The molecule has 1 N–H and O–H groups in total. The summed E-state index contributed by atoms with van der Waals surface area (Å²) in [6.07, 6.45) is 0.194. The highest BCUT2D eigenvalue weighted by atomic mass is 35.5. The molecule has 0 spiro atoms. The summed E-state index contributed by atoms with van der Waals surface area (Å²) in [7, 11) is 1.24. The molecule has 1 atom stereocenters. The molecule has 0 bridgehead atoms. The molecule has 0 heterocycles. The van der Waals surface area contributed by atoms with E-state index in [1.54, 1.807) is 24.3 Å². The van der Waals surface area contributed by atoms with Crippen LogP contribution < -0.4 is 5.32 Å². The molecule has 23 heavy (non-hydrogen) atoms. The molecular weight excluding hydrogens is 321 g/mol. The Kier molecular flexibility index (Phi) is 5.71. The van der Waals surface area contributed by atoms with Crippen LogP contribution in [0.3, 0.4) is 0 Å². The molecule has 0 radical (unpaired) electrons. The van der Waals surface area contributed by atoms with E-state index in [9.17, 15) is 14.0 Å². The Bertz CT molecular complexity index is 703. The number of carbonyl (C=O) groups is 2. The molecule has 1 amide bonds. The summed E-state index contributed by atoms with van der Waals surface area (Å²) < 4.78 is 17.6. The number of amides is 1. The van der Waals surface area contributed by atoms with Crippen LogP contribution in [0.4, 0.5) is 4.39 Å². The molecule has 0 aromatic heterocycles. The second-order valence-electron chi connectivity index (χ2n) is 4.85. The predicted molar refractivity (Wildman–Crippen MR) is 84.8 cm³/mol. The molecule has 2 rings (SSSR count). The molecule has 0 aliphatic heterocycles. The molecule has 6 heteroatoms. The van der Waals surface area contributed by atoms with E-state index in [4.69, 9.17) is 16.3 Å². The van der Waals surface area contributed by atoms with Crippen LogP contribution in [0.25, 0.3) is 0 Å². The number of benzene rings is 2. The van der Waals surface area contributed by atoms with Crippen LogP contribution in [0.5, 0.6) is 0 Å². The first-order valence-electron chi connectivity index (χ1n) is 6.89. The van der Waals surface area contributed by atoms with Gasteiger partial charge in [0.1, 0.15) is 11.9 Å². The standard InChI is InChI=1S/C17H15ClFNO3/c1-23-17(22)15(10-12-4-2-3-5-14(12)18)20-16(21)11-6-8-13(19)9-7-11/h2-9,15H,10H2,1H3,(H,20,21)/t15-/m0/s1. The van der Waals surface area contributed by atoms with Gasteiger partial charge in [0.2, 0.25) is 0 Å².